The molecule has 0 amide bonds. The zero-order valence-electron chi connectivity index (χ0n) is 10.7. The summed E-state index contributed by atoms with van der Waals surface area (Å²) in [5.41, 5.74) is 14.5. The molecule has 0 aliphatic heterocycles. The Labute approximate surface area is 99.0 Å². The smallest absolute Gasteiger partial charge is 0.0347 e. The summed E-state index contributed by atoms with van der Waals surface area (Å²) < 4.78 is 0. The Kier molecular flexibility index (Phi) is 4.51. The predicted octanol–water partition coefficient (Wildman–Crippen LogP) is 2.62. The first-order chi connectivity index (χ1) is 7.51. The molecule has 1 atom stereocenters. The molecule has 0 spiro atoms. The lowest BCUT2D eigenvalue weighted by Gasteiger charge is -2.31. The summed E-state index contributed by atoms with van der Waals surface area (Å²) in [6.07, 6.45) is 2.02. The van der Waals surface area contributed by atoms with Crippen LogP contribution in [0.15, 0.2) is 24.3 Å². The van der Waals surface area contributed by atoms with Gasteiger partial charge in [0.05, 0.1) is 0 Å². The van der Waals surface area contributed by atoms with Crippen LogP contribution < -0.4 is 11.5 Å². The van der Waals surface area contributed by atoms with Crippen molar-refractivity contribution in [3.05, 3.63) is 35.4 Å². The maximum atomic E-state index is 6.29. The quantitative estimate of drug-likeness (QED) is 0.801. The maximum Gasteiger partial charge on any atom is 0.0347 e. The molecule has 0 aliphatic rings. The van der Waals surface area contributed by atoms with Crippen LogP contribution >= 0.6 is 0 Å². The van der Waals surface area contributed by atoms with Gasteiger partial charge in [0, 0.05) is 6.04 Å². The second-order valence-electron chi connectivity index (χ2n) is 5.10. The zero-order chi connectivity index (χ0) is 12.2. The van der Waals surface area contributed by atoms with Crippen LogP contribution in [0, 0.1) is 5.41 Å². The van der Waals surface area contributed by atoms with E-state index in [1.54, 1.807) is 0 Å². The van der Waals surface area contributed by atoms with Crippen molar-refractivity contribution in [2.75, 3.05) is 6.54 Å². The molecule has 0 heterocycles. The van der Waals surface area contributed by atoms with Crippen molar-refractivity contribution in [3.8, 4) is 0 Å². The molecule has 0 aromatic heterocycles. The second kappa shape index (κ2) is 5.46. The summed E-state index contributed by atoms with van der Waals surface area (Å²) in [4.78, 5) is 0. The normalized spacial score (nSPS) is 13.8. The molecular weight excluding hydrogens is 196 g/mol. The SMILES string of the molecule is CCc1ccc(C(N)C(C)(C)CCN)cc1. The Morgan fingerprint density at radius 3 is 2.19 bits per heavy atom. The van der Waals surface area contributed by atoms with Gasteiger partial charge in [-0.1, -0.05) is 45.0 Å². The van der Waals surface area contributed by atoms with Gasteiger partial charge in [-0.25, -0.2) is 0 Å². The molecule has 1 rings (SSSR count). The molecule has 90 valence electrons. The summed E-state index contributed by atoms with van der Waals surface area (Å²) in [7, 11) is 0. The minimum Gasteiger partial charge on any atom is -0.330 e. The van der Waals surface area contributed by atoms with Crippen molar-refractivity contribution in [2.45, 2.75) is 39.7 Å². The lowest BCUT2D eigenvalue weighted by Crippen LogP contribution is -2.31. The Hall–Kier alpha value is -0.860. The van der Waals surface area contributed by atoms with Crippen LogP contribution in [0.4, 0.5) is 0 Å². The average molecular weight is 220 g/mol. The number of benzene rings is 1. The van der Waals surface area contributed by atoms with E-state index in [2.05, 4.69) is 45.0 Å². The number of aryl methyl sites for hydroxylation is 1. The Morgan fingerprint density at radius 2 is 1.75 bits per heavy atom. The Bertz CT molecular complexity index is 314. The van der Waals surface area contributed by atoms with Crippen LogP contribution in [0.2, 0.25) is 0 Å². The third-order valence-corrected chi connectivity index (χ3v) is 3.38. The molecule has 1 aromatic rings. The first kappa shape index (κ1) is 13.2. The second-order valence-corrected chi connectivity index (χ2v) is 5.10. The van der Waals surface area contributed by atoms with Crippen LogP contribution in [0.5, 0.6) is 0 Å². The van der Waals surface area contributed by atoms with Gasteiger partial charge in [0.25, 0.3) is 0 Å². The van der Waals surface area contributed by atoms with E-state index in [0.29, 0.717) is 6.54 Å². The summed E-state index contributed by atoms with van der Waals surface area (Å²) in [6.45, 7) is 7.21. The van der Waals surface area contributed by atoms with E-state index in [4.69, 9.17) is 11.5 Å². The zero-order valence-corrected chi connectivity index (χ0v) is 10.7. The minimum absolute atomic E-state index is 0.0574. The first-order valence-corrected chi connectivity index (χ1v) is 6.05. The molecule has 0 saturated carbocycles. The maximum absolute atomic E-state index is 6.29. The van der Waals surface area contributed by atoms with Gasteiger partial charge in [0.1, 0.15) is 0 Å². The third kappa shape index (κ3) is 3.06. The van der Waals surface area contributed by atoms with Gasteiger partial charge < -0.3 is 11.5 Å². The topological polar surface area (TPSA) is 52.0 Å². The van der Waals surface area contributed by atoms with Gasteiger partial charge in [0.2, 0.25) is 0 Å². The van der Waals surface area contributed by atoms with E-state index in [9.17, 15) is 0 Å². The van der Waals surface area contributed by atoms with Gasteiger partial charge >= 0.3 is 0 Å². The third-order valence-electron chi connectivity index (χ3n) is 3.38. The molecule has 0 radical (unpaired) electrons. The average Bonchev–Trinajstić information content (AvgIpc) is 2.28. The summed E-state index contributed by atoms with van der Waals surface area (Å²) in [5, 5.41) is 0. The van der Waals surface area contributed by atoms with Gasteiger partial charge in [-0.2, -0.15) is 0 Å². The molecule has 0 fully saturated rings. The highest BCUT2D eigenvalue weighted by Crippen LogP contribution is 2.34. The van der Waals surface area contributed by atoms with Gasteiger partial charge in [-0.05, 0) is 35.9 Å². The minimum atomic E-state index is 0.0574. The molecular formula is C14H24N2. The molecule has 0 bridgehead atoms. The van der Waals surface area contributed by atoms with Crippen LogP contribution in [-0.4, -0.2) is 6.54 Å². The molecule has 4 N–H and O–H groups in total. The number of rotatable bonds is 5. The highest BCUT2D eigenvalue weighted by molar-refractivity contribution is 5.26. The lowest BCUT2D eigenvalue weighted by molar-refractivity contribution is 0.271. The van der Waals surface area contributed by atoms with Crippen molar-refractivity contribution in [2.24, 2.45) is 16.9 Å². The Balaban J connectivity index is 2.83. The summed E-state index contributed by atoms with van der Waals surface area (Å²) in [5.74, 6) is 0. The van der Waals surface area contributed by atoms with Crippen molar-refractivity contribution in [1.29, 1.82) is 0 Å². The van der Waals surface area contributed by atoms with E-state index >= 15 is 0 Å². The van der Waals surface area contributed by atoms with Crippen molar-refractivity contribution >= 4 is 0 Å². The van der Waals surface area contributed by atoms with Crippen molar-refractivity contribution in [1.82, 2.24) is 0 Å². The standard InChI is InChI=1S/C14H24N2/c1-4-11-5-7-12(8-6-11)13(16)14(2,3)9-10-15/h5-8,13H,4,9-10,15-16H2,1-3H3. The van der Waals surface area contributed by atoms with Gasteiger partial charge in [-0.15, -0.1) is 0 Å². The number of nitrogens with two attached hydrogens (primary N) is 2. The van der Waals surface area contributed by atoms with E-state index in [-0.39, 0.29) is 11.5 Å². The van der Waals surface area contributed by atoms with Crippen molar-refractivity contribution in [3.63, 3.8) is 0 Å². The first-order valence-electron chi connectivity index (χ1n) is 6.05. The van der Waals surface area contributed by atoms with E-state index in [1.165, 1.54) is 11.1 Å². The fourth-order valence-electron chi connectivity index (χ4n) is 1.94. The fraction of sp³-hybridized carbons (Fsp3) is 0.571. The molecule has 16 heavy (non-hydrogen) atoms. The molecule has 1 unspecified atom stereocenters. The monoisotopic (exact) mass is 220 g/mol. The summed E-state index contributed by atoms with van der Waals surface area (Å²) in [6, 6.07) is 8.66. The molecule has 2 heteroatoms. The molecule has 2 nitrogen and oxygen atoms in total. The predicted molar refractivity (Wildman–Crippen MR) is 70.2 cm³/mol. The van der Waals surface area contributed by atoms with Crippen LogP contribution in [0.3, 0.4) is 0 Å². The molecule has 0 aliphatic carbocycles. The Morgan fingerprint density at radius 1 is 1.19 bits per heavy atom. The van der Waals surface area contributed by atoms with Crippen LogP contribution in [0.1, 0.15) is 44.4 Å². The largest absolute Gasteiger partial charge is 0.330 e. The molecule has 0 saturated heterocycles. The van der Waals surface area contributed by atoms with Crippen LogP contribution in [-0.2, 0) is 6.42 Å². The van der Waals surface area contributed by atoms with Crippen molar-refractivity contribution < 1.29 is 0 Å². The molecule has 1 aromatic carbocycles. The van der Waals surface area contributed by atoms with Gasteiger partial charge in [0.15, 0.2) is 0 Å². The lowest BCUT2D eigenvalue weighted by atomic mass is 9.78. The van der Waals surface area contributed by atoms with E-state index in [1.807, 2.05) is 0 Å². The van der Waals surface area contributed by atoms with Crippen LogP contribution in [0.25, 0.3) is 0 Å². The fourth-order valence-corrected chi connectivity index (χ4v) is 1.94. The van der Waals surface area contributed by atoms with E-state index in [0.717, 1.165) is 12.8 Å². The van der Waals surface area contributed by atoms with Gasteiger partial charge in [-0.3, -0.25) is 0 Å². The highest BCUT2D eigenvalue weighted by Gasteiger charge is 2.26. The number of hydrogen-bond acceptors (Lipinski definition) is 2. The summed E-state index contributed by atoms with van der Waals surface area (Å²) >= 11 is 0. The number of hydrogen-bond donors (Lipinski definition) is 2. The highest BCUT2D eigenvalue weighted by atomic mass is 14.7. The van der Waals surface area contributed by atoms with E-state index < -0.39 is 0 Å².